The Bertz CT molecular complexity index is 314. The molecule has 3 atom stereocenters. The lowest BCUT2D eigenvalue weighted by molar-refractivity contribution is -0.134. The van der Waals surface area contributed by atoms with Crippen LogP contribution in [0.15, 0.2) is 0 Å². The zero-order valence-electron chi connectivity index (χ0n) is 11.2. The molecule has 0 bridgehead atoms. The van der Waals surface area contributed by atoms with Gasteiger partial charge in [-0.15, -0.1) is 0 Å². The highest BCUT2D eigenvalue weighted by atomic mass is 16.2. The summed E-state index contributed by atoms with van der Waals surface area (Å²) < 4.78 is 0. The van der Waals surface area contributed by atoms with E-state index in [-0.39, 0.29) is 12.0 Å². The van der Waals surface area contributed by atoms with Crippen LogP contribution in [-0.4, -0.2) is 54.0 Å². The van der Waals surface area contributed by atoms with Crippen molar-refractivity contribution in [2.24, 2.45) is 11.7 Å². The lowest BCUT2D eigenvalue weighted by Gasteiger charge is -2.25. The second-order valence-electron chi connectivity index (χ2n) is 6.24. The smallest absolute Gasteiger partial charge is 0.225 e. The molecule has 102 valence electrons. The first-order valence-corrected chi connectivity index (χ1v) is 7.52. The summed E-state index contributed by atoms with van der Waals surface area (Å²) in [4.78, 5) is 17.1. The lowest BCUT2D eigenvalue weighted by atomic mass is 10.1. The molecular formula is C14H25N3O. The number of hydrogen-bond acceptors (Lipinski definition) is 3. The Morgan fingerprint density at radius 3 is 2.50 bits per heavy atom. The molecule has 2 saturated heterocycles. The summed E-state index contributed by atoms with van der Waals surface area (Å²) in [6.07, 6.45) is 6.78. The Labute approximate surface area is 109 Å². The topological polar surface area (TPSA) is 49.6 Å². The second-order valence-corrected chi connectivity index (χ2v) is 6.24. The molecule has 0 aromatic rings. The molecule has 3 fully saturated rings. The van der Waals surface area contributed by atoms with Crippen LogP contribution in [0.4, 0.5) is 0 Å². The van der Waals surface area contributed by atoms with Gasteiger partial charge >= 0.3 is 0 Å². The van der Waals surface area contributed by atoms with Crippen molar-refractivity contribution in [3.05, 3.63) is 0 Å². The average molecular weight is 251 g/mol. The summed E-state index contributed by atoms with van der Waals surface area (Å²) in [5.41, 5.74) is 5.91. The molecule has 1 amide bonds. The lowest BCUT2D eigenvalue weighted by Crippen LogP contribution is -2.39. The van der Waals surface area contributed by atoms with Gasteiger partial charge in [0.25, 0.3) is 0 Å². The maximum atomic E-state index is 12.4. The van der Waals surface area contributed by atoms with Gasteiger partial charge in [0.2, 0.25) is 5.91 Å². The minimum absolute atomic E-state index is 0.220. The highest BCUT2D eigenvalue weighted by molar-refractivity contribution is 5.79. The molecule has 3 unspecified atom stereocenters. The van der Waals surface area contributed by atoms with E-state index in [0.29, 0.717) is 11.9 Å². The minimum Gasteiger partial charge on any atom is -0.341 e. The van der Waals surface area contributed by atoms with Gasteiger partial charge in [0, 0.05) is 31.1 Å². The van der Waals surface area contributed by atoms with Crippen LogP contribution in [0, 0.1) is 5.92 Å². The molecule has 0 spiro atoms. The van der Waals surface area contributed by atoms with E-state index in [9.17, 15) is 4.79 Å². The van der Waals surface area contributed by atoms with Gasteiger partial charge in [0.05, 0.1) is 0 Å². The van der Waals surface area contributed by atoms with E-state index < -0.39 is 0 Å². The first-order chi connectivity index (χ1) is 8.74. The third kappa shape index (κ3) is 2.41. The van der Waals surface area contributed by atoms with Crippen LogP contribution in [-0.2, 0) is 4.79 Å². The Balaban J connectivity index is 1.53. The van der Waals surface area contributed by atoms with Crippen molar-refractivity contribution in [3.8, 4) is 0 Å². The molecule has 2 aliphatic heterocycles. The van der Waals surface area contributed by atoms with Gasteiger partial charge in [-0.25, -0.2) is 0 Å². The number of rotatable bonds is 2. The number of amides is 1. The zero-order chi connectivity index (χ0) is 12.5. The number of nitrogens with zero attached hydrogens (tertiary/aromatic N) is 2. The Kier molecular flexibility index (Phi) is 3.57. The Morgan fingerprint density at radius 2 is 1.83 bits per heavy atom. The molecule has 0 aromatic heterocycles. The van der Waals surface area contributed by atoms with E-state index in [1.54, 1.807) is 0 Å². The molecule has 3 aliphatic rings. The summed E-state index contributed by atoms with van der Waals surface area (Å²) >= 11 is 0. The van der Waals surface area contributed by atoms with Crippen LogP contribution in [0.2, 0.25) is 0 Å². The number of likely N-dealkylation sites (tertiary alicyclic amines) is 2. The van der Waals surface area contributed by atoms with Crippen molar-refractivity contribution in [1.82, 2.24) is 9.80 Å². The number of carbonyl (C=O) groups is 1. The van der Waals surface area contributed by atoms with Gasteiger partial charge in [0.15, 0.2) is 0 Å². The van der Waals surface area contributed by atoms with Gasteiger partial charge < -0.3 is 10.6 Å². The fourth-order valence-electron chi connectivity index (χ4n) is 3.85. The van der Waals surface area contributed by atoms with Crippen molar-refractivity contribution in [3.63, 3.8) is 0 Å². The standard InChI is InChI=1S/C14H25N3O/c15-12-4-3-11(9-12)14(18)17-8-5-13(10-17)16-6-1-2-7-16/h11-13H,1-10,15H2. The minimum atomic E-state index is 0.220. The van der Waals surface area contributed by atoms with Crippen LogP contribution in [0.5, 0.6) is 0 Å². The fraction of sp³-hybridized carbons (Fsp3) is 0.929. The van der Waals surface area contributed by atoms with Crippen LogP contribution in [0.3, 0.4) is 0 Å². The fourth-order valence-corrected chi connectivity index (χ4v) is 3.85. The number of nitrogens with two attached hydrogens (primary N) is 1. The van der Waals surface area contributed by atoms with E-state index in [1.165, 1.54) is 32.4 Å². The predicted octanol–water partition coefficient (Wildman–Crippen LogP) is 0.810. The maximum Gasteiger partial charge on any atom is 0.225 e. The quantitative estimate of drug-likeness (QED) is 0.790. The van der Waals surface area contributed by atoms with E-state index in [4.69, 9.17) is 5.73 Å². The molecule has 2 N–H and O–H groups in total. The molecular weight excluding hydrogens is 226 g/mol. The van der Waals surface area contributed by atoms with Crippen LogP contribution < -0.4 is 5.73 Å². The molecule has 2 heterocycles. The molecule has 1 aliphatic carbocycles. The normalized spacial score (nSPS) is 37.6. The molecule has 4 heteroatoms. The van der Waals surface area contributed by atoms with Crippen molar-refractivity contribution < 1.29 is 4.79 Å². The molecule has 0 radical (unpaired) electrons. The third-order valence-electron chi connectivity index (χ3n) is 4.95. The third-order valence-corrected chi connectivity index (χ3v) is 4.95. The molecule has 4 nitrogen and oxygen atoms in total. The largest absolute Gasteiger partial charge is 0.341 e. The second kappa shape index (κ2) is 5.17. The summed E-state index contributed by atoms with van der Waals surface area (Å²) in [5, 5.41) is 0. The Hall–Kier alpha value is -0.610. The van der Waals surface area contributed by atoms with Crippen molar-refractivity contribution in [2.75, 3.05) is 26.2 Å². The highest BCUT2D eigenvalue weighted by Crippen LogP contribution is 2.28. The molecule has 1 saturated carbocycles. The van der Waals surface area contributed by atoms with Gasteiger partial charge in [-0.1, -0.05) is 0 Å². The Morgan fingerprint density at radius 1 is 1.06 bits per heavy atom. The van der Waals surface area contributed by atoms with Gasteiger partial charge in [-0.05, 0) is 51.6 Å². The predicted molar refractivity (Wildman–Crippen MR) is 71.1 cm³/mol. The van der Waals surface area contributed by atoms with E-state index >= 15 is 0 Å². The average Bonchev–Trinajstić information content (AvgIpc) is 3.09. The summed E-state index contributed by atoms with van der Waals surface area (Å²) in [7, 11) is 0. The van der Waals surface area contributed by atoms with E-state index in [0.717, 1.165) is 32.4 Å². The van der Waals surface area contributed by atoms with Gasteiger partial charge in [-0.2, -0.15) is 0 Å². The monoisotopic (exact) mass is 251 g/mol. The SMILES string of the molecule is NC1CCC(C(=O)N2CCC(N3CCCC3)C2)C1. The summed E-state index contributed by atoms with van der Waals surface area (Å²) in [5.74, 6) is 0.599. The van der Waals surface area contributed by atoms with Crippen molar-refractivity contribution >= 4 is 5.91 Å². The molecule has 0 aromatic carbocycles. The number of hydrogen-bond donors (Lipinski definition) is 1. The molecule has 3 rings (SSSR count). The number of carbonyl (C=O) groups excluding carboxylic acids is 1. The first kappa shape index (κ1) is 12.4. The van der Waals surface area contributed by atoms with Crippen molar-refractivity contribution in [1.29, 1.82) is 0 Å². The first-order valence-electron chi connectivity index (χ1n) is 7.52. The van der Waals surface area contributed by atoms with Gasteiger partial charge in [-0.3, -0.25) is 9.69 Å². The van der Waals surface area contributed by atoms with E-state index in [2.05, 4.69) is 9.80 Å². The van der Waals surface area contributed by atoms with Gasteiger partial charge in [0.1, 0.15) is 0 Å². The molecule has 18 heavy (non-hydrogen) atoms. The maximum absolute atomic E-state index is 12.4. The summed E-state index contributed by atoms with van der Waals surface area (Å²) in [6, 6.07) is 0.891. The van der Waals surface area contributed by atoms with Crippen LogP contribution in [0.25, 0.3) is 0 Å². The van der Waals surface area contributed by atoms with Crippen LogP contribution in [0.1, 0.15) is 38.5 Å². The van der Waals surface area contributed by atoms with E-state index in [1.807, 2.05) is 0 Å². The summed E-state index contributed by atoms with van der Waals surface area (Å²) in [6.45, 7) is 4.40. The zero-order valence-corrected chi connectivity index (χ0v) is 11.2. The van der Waals surface area contributed by atoms with Crippen molar-refractivity contribution in [2.45, 2.75) is 50.6 Å². The highest BCUT2D eigenvalue weighted by Gasteiger charge is 2.36. The van der Waals surface area contributed by atoms with Crippen LogP contribution >= 0.6 is 0 Å².